The number of aromatic nitrogens is 3. The lowest BCUT2D eigenvalue weighted by atomic mass is 10.2. The minimum atomic E-state index is -0.334. The van der Waals surface area contributed by atoms with Crippen LogP contribution < -0.4 is 5.32 Å². The first-order valence-corrected chi connectivity index (χ1v) is 4.88. The van der Waals surface area contributed by atoms with Crippen LogP contribution in [0.3, 0.4) is 0 Å². The van der Waals surface area contributed by atoms with Crippen molar-refractivity contribution in [1.29, 1.82) is 5.26 Å². The number of hydrogen-bond donors (Lipinski definition) is 2. The molecule has 0 bridgehead atoms. The van der Waals surface area contributed by atoms with Crippen molar-refractivity contribution in [2.75, 3.05) is 5.32 Å². The summed E-state index contributed by atoms with van der Waals surface area (Å²) in [6.45, 7) is 1.69. The van der Waals surface area contributed by atoms with Gasteiger partial charge in [0.15, 0.2) is 0 Å². The third kappa shape index (κ3) is 2.29. The number of nitriles is 1. The predicted octanol–water partition coefficient (Wildman–Crippen LogP) is 1.24. The Morgan fingerprint density at radius 1 is 1.53 bits per heavy atom. The first-order chi connectivity index (χ1) is 8.20. The van der Waals surface area contributed by atoms with Crippen LogP contribution in [0.5, 0.6) is 0 Å². The Balaban J connectivity index is 2.21. The number of aryl methyl sites for hydroxylation is 1. The molecule has 2 rings (SSSR count). The number of nitrogens with zero attached hydrogens (tertiary/aromatic N) is 3. The van der Waals surface area contributed by atoms with E-state index >= 15 is 0 Å². The van der Waals surface area contributed by atoms with Crippen LogP contribution in [0, 0.1) is 18.3 Å². The second-order valence-electron chi connectivity index (χ2n) is 3.38. The SMILES string of the molecule is Cc1nc(C(=O)Nc2cn[nH]c2)ccc1C#N. The maximum Gasteiger partial charge on any atom is 0.274 e. The van der Waals surface area contributed by atoms with Crippen LogP contribution in [-0.2, 0) is 0 Å². The van der Waals surface area contributed by atoms with E-state index in [9.17, 15) is 4.79 Å². The van der Waals surface area contributed by atoms with Crippen molar-refractivity contribution in [3.63, 3.8) is 0 Å². The Labute approximate surface area is 97.3 Å². The van der Waals surface area contributed by atoms with Gasteiger partial charge in [-0.1, -0.05) is 0 Å². The molecule has 0 aliphatic rings. The van der Waals surface area contributed by atoms with Gasteiger partial charge in [-0.3, -0.25) is 9.89 Å². The maximum atomic E-state index is 11.8. The van der Waals surface area contributed by atoms with Crippen molar-refractivity contribution in [3.05, 3.63) is 41.5 Å². The van der Waals surface area contributed by atoms with Crippen LogP contribution >= 0.6 is 0 Å². The van der Waals surface area contributed by atoms with Crippen LogP contribution in [0.25, 0.3) is 0 Å². The van der Waals surface area contributed by atoms with Gasteiger partial charge in [-0.2, -0.15) is 10.4 Å². The highest BCUT2D eigenvalue weighted by Crippen LogP contribution is 2.08. The zero-order valence-corrected chi connectivity index (χ0v) is 9.06. The smallest absolute Gasteiger partial charge is 0.274 e. The van der Waals surface area contributed by atoms with Crippen LogP contribution in [0.4, 0.5) is 5.69 Å². The topological polar surface area (TPSA) is 94.5 Å². The van der Waals surface area contributed by atoms with Gasteiger partial charge in [0.25, 0.3) is 5.91 Å². The van der Waals surface area contributed by atoms with Crippen molar-refractivity contribution >= 4 is 11.6 Å². The number of hydrogen-bond acceptors (Lipinski definition) is 4. The van der Waals surface area contributed by atoms with E-state index in [0.29, 0.717) is 16.9 Å². The van der Waals surface area contributed by atoms with Gasteiger partial charge in [0, 0.05) is 6.20 Å². The van der Waals surface area contributed by atoms with E-state index < -0.39 is 0 Å². The van der Waals surface area contributed by atoms with Crippen molar-refractivity contribution in [2.24, 2.45) is 0 Å². The number of nitrogens with one attached hydrogen (secondary N) is 2. The van der Waals surface area contributed by atoms with E-state index in [4.69, 9.17) is 5.26 Å². The summed E-state index contributed by atoms with van der Waals surface area (Å²) in [5.74, 6) is -0.334. The molecule has 2 heterocycles. The first kappa shape index (κ1) is 10.8. The summed E-state index contributed by atoms with van der Waals surface area (Å²) < 4.78 is 0. The molecule has 0 unspecified atom stereocenters. The van der Waals surface area contributed by atoms with E-state index in [0.717, 1.165) is 0 Å². The third-order valence-electron chi connectivity index (χ3n) is 2.19. The molecule has 84 valence electrons. The molecule has 0 radical (unpaired) electrons. The van der Waals surface area contributed by atoms with E-state index in [1.165, 1.54) is 12.3 Å². The molecule has 0 spiro atoms. The quantitative estimate of drug-likeness (QED) is 0.806. The highest BCUT2D eigenvalue weighted by molar-refractivity contribution is 6.02. The van der Waals surface area contributed by atoms with Crippen LogP contribution in [-0.4, -0.2) is 21.1 Å². The van der Waals surface area contributed by atoms with Gasteiger partial charge in [-0.05, 0) is 19.1 Å². The number of anilines is 1. The first-order valence-electron chi connectivity index (χ1n) is 4.88. The Morgan fingerprint density at radius 2 is 2.35 bits per heavy atom. The molecular formula is C11H9N5O. The molecule has 1 amide bonds. The van der Waals surface area contributed by atoms with Crippen molar-refractivity contribution < 1.29 is 4.79 Å². The van der Waals surface area contributed by atoms with Gasteiger partial charge < -0.3 is 5.32 Å². The Morgan fingerprint density at radius 3 is 2.94 bits per heavy atom. The molecule has 6 nitrogen and oxygen atoms in total. The minimum absolute atomic E-state index is 0.266. The third-order valence-corrected chi connectivity index (χ3v) is 2.19. The summed E-state index contributed by atoms with van der Waals surface area (Å²) >= 11 is 0. The fourth-order valence-electron chi connectivity index (χ4n) is 1.32. The number of aromatic amines is 1. The van der Waals surface area contributed by atoms with Gasteiger partial charge in [0.05, 0.1) is 23.1 Å². The number of carbonyl (C=O) groups excluding carboxylic acids is 1. The zero-order valence-electron chi connectivity index (χ0n) is 9.06. The van der Waals surface area contributed by atoms with E-state index in [2.05, 4.69) is 20.5 Å². The van der Waals surface area contributed by atoms with Crippen LogP contribution in [0.2, 0.25) is 0 Å². The Kier molecular flexibility index (Phi) is 2.83. The number of amides is 1. The molecule has 0 fully saturated rings. The van der Waals surface area contributed by atoms with Crippen molar-refractivity contribution in [1.82, 2.24) is 15.2 Å². The van der Waals surface area contributed by atoms with Crippen LogP contribution in [0.1, 0.15) is 21.7 Å². The molecule has 2 N–H and O–H groups in total. The van der Waals surface area contributed by atoms with Gasteiger partial charge in [-0.25, -0.2) is 4.98 Å². The van der Waals surface area contributed by atoms with Crippen molar-refractivity contribution in [3.8, 4) is 6.07 Å². The Bertz CT molecular complexity index is 582. The highest BCUT2D eigenvalue weighted by atomic mass is 16.1. The second-order valence-corrected chi connectivity index (χ2v) is 3.38. The summed E-state index contributed by atoms with van der Waals surface area (Å²) in [4.78, 5) is 15.8. The molecule has 0 aliphatic carbocycles. The molecule has 17 heavy (non-hydrogen) atoms. The molecule has 0 atom stereocenters. The number of pyridine rings is 1. The van der Waals surface area contributed by atoms with Gasteiger partial charge >= 0.3 is 0 Å². The average molecular weight is 227 g/mol. The van der Waals surface area contributed by atoms with Gasteiger partial charge in [0.1, 0.15) is 11.8 Å². The number of rotatable bonds is 2. The summed E-state index contributed by atoms with van der Waals surface area (Å²) in [7, 11) is 0. The lowest BCUT2D eigenvalue weighted by Gasteiger charge is -2.03. The predicted molar refractivity (Wildman–Crippen MR) is 60.2 cm³/mol. The Hall–Kier alpha value is -2.68. The molecular weight excluding hydrogens is 218 g/mol. The van der Waals surface area contributed by atoms with Crippen LogP contribution in [0.15, 0.2) is 24.5 Å². The average Bonchev–Trinajstić information content (AvgIpc) is 2.81. The lowest BCUT2D eigenvalue weighted by molar-refractivity contribution is 0.102. The van der Waals surface area contributed by atoms with E-state index in [1.807, 2.05) is 6.07 Å². The summed E-state index contributed by atoms with van der Waals surface area (Å²) in [5, 5.41) is 17.7. The largest absolute Gasteiger partial charge is 0.318 e. The number of carbonyl (C=O) groups is 1. The zero-order chi connectivity index (χ0) is 12.3. The molecule has 0 aliphatic heterocycles. The highest BCUT2D eigenvalue weighted by Gasteiger charge is 2.09. The standard InChI is InChI=1S/C11H9N5O/c1-7-8(4-12)2-3-10(15-7)11(17)16-9-5-13-14-6-9/h2-3,5-6H,1H3,(H,13,14)(H,16,17). The molecule has 2 aromatic heterocycles. The maximum absolute atomic E-state index is 11.8. The fraction of sp³-hybridized carbons (Fsp3) is 0.0909. The van der Waals surface area contributed by atoms with Crippen molar-refractivity contribution in [2.45, 2.75) is 6.92 Å². The number of H-pyrrole nitrogens is 1. The second kappa shape index (κ2) is 4.45. The summed E-state index contributed by atoms with van der Waals surface area (Å²) in [6.07, 6.45) is 3.06. The lowest BCUT2D eigenvalue weighted by Crippen LogP contribution is -2.14. The molecule has 6 heteroatoms. The monoisotopic (exact) mass is 227 g/mol. The molecule has 2 aromatic rings. The van der Waals surface area contributed by atoms with Gasteiger partial charge in [0.2, 0.25) is 0 Å². The summed E-state index contributed by atoms with van der Waals surface area (Å²) in [6, 6.07) is 5.09. The van der Waals surface area contributed by atoms with E-state index in [-0.39, 0.29) is 11.6 Å². The molecule has 0 saturated carbocycles. The molecule has 0 saturated heterocycles. The summed E-state index contributed by atoms with van der Waals surface area (Å²) in [5.41, 5.74) is 1.83. The normalized spacial score (nSPS) is 9.65. The fourth-order valence-corrected chi connectivity index (χ4v) is 1.32. The van der Waals surface area contributed by atoms with Gasteiger partial charge in [-0.15, -0.1) is 0 Å². The minimum Gasteiger partial charge on any atom is -0.318 e. The molecule has 0 aromatic carbocycles. The van der Waals surface area contributed by atoms with E-state index in [1.54, 1.807) is 19.2 Å².